The average molecular weight is 421 g/mol. The van der Waals surface area contributed by atoms with E-state index in [0.29, 0.717) is 0 Å². The highest BCUT2D eigenvalue weighted by Gasteiger charge is 2.31. The van der Waals surface area contributed by atoms with Crippen molar-refractivity contribution in [3.63, 3.8) is 0 Å². The van der Waals surface area contributed by atoms with Crippen molar-refractivity contribution in [1.82, 2.24) is 0 Å². The maximum Gasteiger partial charge on any atom is 0.416 e. The van der Waals surface area contributed by atoms with E-state index in [1.165, 1.54) is 12.1 Å². The molecule has 29 heavy (non-hydrogen) atoms. The molecule has 4 nitrogen and oxygen atoms in total. The van der Waals surface area contributed by atoms with E-state index in [0.717, 1.165) is 29.3 Å². The summed E-state index contributed by atoms with van der Waals surface area (Å²) in [5, 5.41) is 0. The maximum atomic E-state index is 13.1. The number of ether oxygens (including phenoxy) is 1. The first-order valence-corrected chi connectivity index (χ1v) is 10.1. The Bertz CT molecular complexity index is 1080. The maximum absolute atomic E-state index is 13.1. The van der Waals surface area contributed by atoms with Crippen molar-refractivity contribution in [1.29, 1.82) is 0 Å². The van der Waals surface area contributed by atoms with Gasteiger partial charge in [-0.1, -0.05) is 48.0 Å². The third-order valence-electron chi connectivity index (χ3n) is 4.12. The SMILES string of the molecule is Cc1ccc(COc2cc(C(F)(F)F)ccc2NS(=O)(=O)c2ccccc2)cc1. The van der Waals surface area contributed by atoms with Gasteiger partial charge in [0.25, 0.3) is 10.0 Å². The van der Waals surface area contributed by atoms with Crippen LogP contribution in [0.25, 0.3) is 0 Å². The number of aryl methyl sites for hydroxylation is 1. The molecule has 0 heterocycles. The summed E-state index contributed by atoms with van der Waals surface area (Å²) in [6, 6.07) is 17.5. The molecule has 0 saturated heterocycles. The van der Waals surface area contributed by atoms with Crippen molar-refractivity contribution in [2.24, 2.45) is 0 Å². The molecular weight excluding hydrogens is 403 g/mol. The topological polar surface area (TPSA) is 55.4 Å². The molecule has 0 saturated carbocycles. The van der Waals surface area contributed by atoms with Crippen molar-refractivity contribution in [3.8, 4) is 5.75 Å². The van der Waals surface area contributed by atoms with E-state index in [2.05, 4.69) is 4.72 Å². The first-order valence-electron chi connectivity index (χ1n) is 8.62. The monoisotopic (exact) mass is 421 g/mol. The Kier molecular flexibility index (Phi) is 5.83. The molecule has 3 aromatic carbocycles. The highest BCUT2D eigenvalue weighted by atomic mass is 32.2. The minimum atomic E-state index is -4.58. The predicted molar refractivity (Wildman–Crippen MR) is 104 cm³/mol. The number of sulfonamides is 1. The molecule has 8 heteroatoms. The summed E-state index contributed by atoms with van der Waals surface area (Å²) in [6.45, 7) is 1.90. The number of anilines is 1. The Morgan fingerprint density at radius 1 is 0.931 bits per heavy atom. The third kappa shape index (κ3) is 5.29. The molecule has 3 aromatic rings. The normalized spacial score (nSPS) is 11.9. The van der Waals surface area contributed by atoms with Crippen LogP contribution in [0.2, 0.25) is 0 Å². The minimum Gasteiger partial charge on any atom is -0.487 e. The molecule has 3 rings (SSSR count). The van der Waals surface area contributed by atoms with Crippen molar-refractivity contribution < 1.29 is 26.3 Å². The van der Waals surface area contributed by atoms with E-state index < -0.39 is 21.8 Å². The first kappa shape index (κ1) is 20.7. The summed E-state index contributed by atoms with van der Waals surface area (Å²) in [7, 11) is -3.98. The van der Waals surface area contributed by atoms with Crippen LogP contribution >= 0.6 is 0 Å². The summed E-state index contributed by atoms with van der Waals surface area (Å²) in [6.07, 6.45) is -4.58. The van der Waals surface area contributed by atoms with Crippen LogP contribution < -0.4 is 9.46 Å². The molecular formula is C21H18F3NO3S. The van der Waals surface area contributed by atoms with Crippen LogP contribution in [0.5, 0.6) is 5.75 Å². The number of benzene rings is 3. The molecule has 0 fully saturated rings. The van der Waals surface area contributed by atoms with Gasteiger partial charge in [-0.3, -0.25) is 4.72 Å². The second-order valence-electron chi connectivity index (χ2n) is 6.40. The van der Waals surface area contributed by atoms with Crippen LogP contribution in [-0.2, 0) is 22.8 Å². The fourth-order valence-electron chi connectivity index (χ4n) is 2.55. The second-order valence-corrected chi connectivity index (χ2v) is 8.08. The zero-order valence-electron chi connectivity index (χ0n) is 15.4. The van der Waals surface area contributed by atoms with Crippen LogP contribution in [0.15, 0.2) is 77.7 Å². The van der Waals surface area contributed by atoms with Gasteiger partial charge in [0.05, 0.1) is 16.1 Å². The Morgan fingerprint density at radius 3 is 2.21 bits per heavy atom. The summed E-state index contributed by atoms with van der Waals surface area (Å²) in [5.74, 6) is -0.208. The lowest BCUT2D eigenvalue weighted by molar-refractivity contribution is -0.137. The van der Waals surface area contributed by atoms with Gasteiger partial charge in [0.1, 0.15) is 12.4 Å². The fraction of sp³-hybridized carbons (Fsp3) is 0.143. The molecule has 0 aliphatic rings. The number of hydrogen-bond acceptors (Lipinski definition) is 3. The Labute approximate surface area is 167 Å². The largest absolute Gasteiger partial charge is 0.487 e. The van der Waals surface area contributed by atoms with Crippen molar-refractivity contribution in [2.75, 3.05) is 4.72 Å². The van der Waals surface area contributed by atoms with Gasteiger partial charge in [-0.2, -0.15) is 13.2 Å². The smallest absolute Gasteiger partial charge is 0.416 e. The number of rotatable bonds is 6. The van der Waals surface area contributed by atoms with Gasteiger partial charge >= 0.3 is 6.18 Å². The third-order valence-corrected chi connectivity index (χ3v) is 5.50. The van der Waals surface area contributed by atoms with Crippen molar-refractivity contribution >= 4 is 15.7 Å². The lowest BCUT2D eigenvalue weighted by atomic mass is 10.1. The van der Waals surface area contributed by atoms with Gasteiger partial charge in [0.15, 0.2) is 0 Å². The van der Waals surface area contributed by atoms with Gasteiger partial charge < -0.3 is 4.74 Å². The fourth-order valence-corrected chi connectivity index (χ4v) is 3.64. The van der Waals surface area contributed by atoms with E-state index in [4.69, 9.17) is 4.74 Å². The molecule has 0 bridgehead atoms. The molecule has 0 aliphatic carbocycles. The molecule has 0 aliphatic heterocycles. The molecule has 0 atom stereocenters. The van der Waals surface area contributed by atoms with Crippen LogP contribution in [-0.4, -0.2) is 8.42 Å². The molecule has 0 radical (unpaired) electrons. The van der Waals surface area contributed by atoms with Crippen molar-refractivity contribution in [3.05, 3.63) is 89.5 Å². The quantitative estimate of drug-likeness (QED) is 0.580. The van der Waals surface area contributed by atoms with Gasteiger partial charge in [0, 0.05) is 0 Å². The number of halogens is 3. The molecule has 152 valence electrons. The zero-order valence-corrected chi connectivity index (χ0v) is 16.2. The van der Waals surface area contributed by atoms with E-state index >= 15 is 0 Å². The summed E-state index contributed by atoms with van der Waals surface area (Å²) >= 11 is 0. The van der Waals surface area contributed by atoms with Gasteiger partial charge in [-0.25, -0.2) is 8.42 Å². The average Bonchev–Trinajstić information content (AvgIpc) is 2.68. The lowest BCUT2D eigenvalue weighted by Gasteiger charge is -2.16. The predicted octanol–water partition coefficient (Wildman–Crippen LogP) is 5.39. The molecule has 1 N–H and O–H groups in total. The Morgan fingerprint density at radius 2 is 1.59 bits per heavy atom. The highest BCUT2D eigenvalue weighted by Crippen LogP contribution is 2.36. The standard InChI is InChI=1S/C21H18F3NO3S/c1-15-7-9-16(10-8-15)14-28-20-13-17(21(22,23)24)11-12-19(20)25-29(26,27)18-5-3-2-4-6-18/h2-13,25H,14H2,1H3. The van der Waals surface area contributed by atoms with E-state index in [1.54, 1.807) is 30.3 Å². The van der Waals surface area contributed by atoms with Crippen LogP contribution in [0.4, 0.5) is 18.9 Å². The molecule has 0 unspecified atom stereocenters. The lowest BCUT2D eigenvalue weighted by Crippen LogP contribution is -2.14. The van der Waals surface area contributed by atoms with Gasteiger partial charge in [0.2, 0.25) is 0 Å². The van der Waals surface area contributed by atoms with Crippen LogP contribution in [0, 0.1) is 6.92 Å². The van der Waals surface area contributed by atoms with E-state index in [9.17, 15) is 21.6 Å². The van der Waals surface area contributed by atoms with Crippen LogP contribution in [0.3, 0.4) is 0 Å². The van der Waals surface area contributed by atoms with Crippen molar-refractivity contribution in [2.45, 2.75) is 24.6 Å². The first-order chi connectivity index (χ1) is 13.6. The van der Waals surface area contributed by atoms with Crippen LogP contribution in [0.1, 0.15) is 16.7 Å². The highest BCUT2D eigenvalue weighted by molar-refractivity contribution is 7.92. The van der Waals surface area contributed by atoms with Gasteiger partial charge in [-0.05, 0) is 42.8 Å². The molecule has 0 aromatic heterocycles. The Balaban J connectivity index is 1.92. The number of alkyl halides is 3. The summed E-state index contributed by atoms with van der Waals surface area (Å²) in [5.41, 5.74) is 0.766. The Hall–Kier alpha value is -3.00. The summed E-state index contributed by atoms with van der Waals surface area (Å²) in [4.78, 5) is -0.00983. The number of hydrogen-bond donors (Lipinski definition) is 1. The van der Waals surface area contributed by atoms with E-state index in [-0.39, 0.29) is 22.9 Å². The molecule has 0 amide bonds. The van der Waals surface area contributed by atoms with Gasteiger partial charge in [-0.15, -0.1) is 0 Å². The van der Waals surface area contributed by atoms with E-state index in [1.807, 2.05) is 19.1 Å². The minimum absolute atomic E-state index is 0.00983. The zero-order chi connectivity index (χ0) is 21.1. The molecule has 0 spiro atoms. The second kappa shape index (κ2) is 8.16. The summed E-state index contributed by atoms with van der Waals surface area (Å²) < 4.78 is 72.3. The number of nitrogens with one attached hydrogen (secondary N) is 1.